The van der Waals surface area contributed by atoms with Crippen LogP contribution in [0.5, 0.6) is 5.88 Å². The molecule has 0 spiro atoms. The van der Waals surface area contributed by atoms with Crippen molar-refractivity contribution >= 4 is 5.91 Å². The van der Waals surface area contributed by atoms with Crippen LogP contribution in [0, 0.1) is 0 Å². The summed E-state index contributed by atoms with van der Waals surface area (Å²) in [6.07, 6.45) is 1.44. The molecule has 8 heteroatoms. The molecule has 1 rings (SSSR count). The van der Waals surface area contributed by atoms with Crippen molar-refractivity contribution in [3.8, 4) is 5.88 Å². The Morgan fingerprint density at radius 2 is 2.39 bits per heavy atom. The number of carbonyl (C=O) groups excluding carboxylic acids is 1. The number of aromatic nitrogens is 2. The third kappa shape index (κ3) is 3.62. The summed E-state index contributed by atoms with van der Waals surface area (Å²) in [5.41, 5.74) is 0.534. The molecule has 1 aromatic rings. The molecule has 1 amide bonds. The fraction of sp³-hybridized carbons (Fsp3) is 0.500. The lowest BCUT2D eigenvalue weighted by molar-refractivity contribution is -0.144. The van der Waals surface area contributed by atoms with Crippen molar-refractivity contribution in [2.75, 3.05) is 6.61 Å². The van der Waals surface area contributed by atoms with Gasteiger partial charge in [-0.2, -0.15) is 5.10 Å². The highest BCUT2D eigenvalue weighted by molar-refractivity contribution is 5.73. The summed E-state index contributed by atoms with van der Waals surface area (Å²) in [6.45, 7) is 3.64. The Kier molecular flexibility index (Phi) is 5.43. The van der Waals surface area contributed by atoms with Gasteiger partial charge in [-0.1, -0.05) is 0 Å². The quantitative estimate of drug-likeness (QED) is 0.542. The lowest BCUT2D eigenvalue weighted by Crippen LogP contribution is -2.40. The Morgan fingerprint density at radius 1 is 1.67 bits per heavy atom. The third-order valence-corrected chi connectivity index (χ3v) is 2.47. The highest BCUT2D eigenvalue weighted by atomic mass is 17.1. The Labute approximate surface area is 104 Å². The lowest BCUT2D eigenvalue weighted by Gasteiger charge is -2.27. The van der Waals surface area contributed by atoms with Crippen molar-refractivity contribution in [1.29, 1.82) is 0 Å². The molecule has 100 valence electrons. The molecule has 0 aromatic carbocycles. The van der Waals surface area contributed by atoms with Gasteiger partial charge in [0.05, 0.1) is 25.4 Å². The van der Waals surface area contributed by atoms with E-state index in [4.69, 9.17) is 11.2 Å². The van der Waals surface area contributed by atoms with Crippen LogP contribution in [0.2, 0.25) is 0 Å². The zero-order valence-electron chi connectivity index (χ0n) is 10.2. The Balaban J connectivity index is 2.86. The zero-order valence-corrected chi connectivity index (χ0v) is 10.2. The van der Waals surface area contributed by atoms with Gasteiger partial charge in [-0.3, -0.25) is 4.79 Å². The minimum absolute atomic E-state index is 0.0374. The van der Waals surface area contributed by atoms with Gasteiger partial charge in [0, 0.05) is 12.5 Å². The van der Waals surface area contributed by atoms with E-state index in [9.17, 15) is 4.79 Å². The van der Waals surface area contributed by atoms with E-state index in [0.717, 1.165) is 0 Å². The van der Waals surface area contributed by atoms with E-state index in [1.165, 1.54) is 18.0 Å². The summed E-state index contributed by atoms with van der Waals surface area (Å²) in [5, 5.41) is 15.8. The number of nitrogens with two attached hydrogens (primary N) is 1. The molecule has 0 fully saturated rings. The number of rotatable bonds is 6. The summed E-state index contributed by atoms with van der Waals surface area (Å²) < 4.78 is 0. The average molecular weight is 256 g/mol. The summed E-state index contributed by atoms with van der Waals surface area (Å²) >= 11 is 0. The molecule has 0 radical (unpaired) electrons. The molecule has 1 heterocycles. The fourth-order valence-electron chi connectivity index (χ4n) is 1.53. The van der Waals surface area contributed by atoms with Crippen LogP contribution >= 0.6 is 0 Å². The topological polar surface area (TPSA) is 111 Å². The van der Waals surface area contributed by atoms with Crippen LogP contribution in [-0.4, -0.2) is 38.9 Å². The smallest absolute Gasteiger partial charge is 0.279 e. The Bertz CT molecular complexity index is 401. The molecule has 18 heavy (non-hydrogen) atoms. The minimum Gasteiger partial charge on any atom is -0.333 e. The molecule has 0 aliphatic rings. The maximum absolute atomic E-state index is 11.6. The molecule has 3 N–H and O–H groups in total. The van der Waals surface area contributed by atoms with Gasteiger partial charge in [0.2, 0.25) is 5.91 Å². The first-order chi connectivity index (χ1) is 8.60. The average Bonchev–Trinajstić information content (AvgIpc) is 2.36. The molecule has 0 bridgehead atoms. The number of carbonyl (C=O) groups is 1. The fourth-order valence-corrected chi connectivity index (χ4v) is 1.53. The van der Waals surface area contributed by atoms with Crippen LogP contribution in [0.4, 0.5) is 0 Å². The first kappa shape index (κ1) is 14.3. The Morgan fingerprint density at radius 3 is 2.94 bits per heavy atom. The summed E-state index contributed by atoms with van der Waals surface area (Å²) in [4.78, 5) is 21.7. The number of hydrogen-bond acceptors (Lipinski definition) is 7. The van der Waals surface area contributed by atoms with Crippen molar-refractivity contribution < 1.29 is 19.8 Å². The highest BCUT2D eigenvalue weighted by Crippen LogP contribution is 2.16. The highest BCUT2D eigenvalue weighted by Gasteiger charge is 2.19. The second kappa shape index (κ2) is 6.84. The van der Waals surface area contributed by atoms with E-state index < -0.39 is 0 Å². The van der Waals surface area contributed by atoms with E-state index in [2.05, 4.69) is 19.9 Å². The predicted octanol–water partition coefficient (Wildman–Crippen LogP) is -0.0443. The normalized spacial score (nSPS) is 12.0. The minimum atomic E-state index is -0.216. The van der Waals surface area contributed by atoms with Gasteiger partial charge < -0.3 is 14.6 Å². The van der Waals surface area contributed by atoms with E-state index in [1.54, 1.807) is 13.0 Å². The summed E-state index contributed by atoms with van der Waals surface area (Å²) in [5.74, 6) is 4.80. The summed E-state index contributed by atoms with van der Waals surface area (Å²) in [6, 6.07) is 1.39. The van der Waals surface area contributed by atoms with Gasteiger partial charge in [-0.05, 0) is 13.0 Å². The zero-order chi connectivity index (χ0) is 13.5. The van der Waals surface area contributed by atoms with Crippen molar-refractivity contribution in [2.24, 2.45) is 5.90 Å². The predicted molar refractivity (Wildman–Crippen MR) is 61.1 cm³/mol. The molecule has 8 nitrogen and oxygen atoms in total. The van der Waals surface area contributed by atoms with Gasteiger partial charge in [0.25, 0.3) is 5.88 Å². The van der Waals surface area contributed by atoms with Gasteiger partial charge in [0.1, 0.15) is 0 Å². The number of amides is 1. The van der Waals surface area contributed by atoms with Crippen molar-refractivity contribution in [3.05, 3.63) is 17.8 Å². The summed E-state index contributed by atoms with van der Waals surface area (Å²) in [7, 11) is 0. The molecule has 0 aliphatic carbocycles. The van der Waals surface area contributed by atoms with Crippen LogP contribution in [0.15, 0.2) is 12.3 Å². The van der Waals surface area contributed by atoms with E-state index in [0.29, 0.717) is 5.56 Å². The van der Waals surface area contributed by atoms with Crippen LogP contribution in [0.1, 0.15) is 19.4 Å². The second-order valence-corrected chi connectivity index (χ2v) is 3.78. The Hall–Kier alpha value is -1.77. The molecular formula is C10H16N4O4. The lowest BCUT2D eigenvalue weighted by atomic mass is 10.2. The van der Waals surface area contributed by atoms with E-state index >= 15 is 0 Å². The third-order valence-electron chi connectivity index (χ3n) is 2.47. The van der Waals surface area contributed by atoms with Crippen LogP contribution in [0.25, 0.3) is 0 Å². The van der Waals surface area contributed by atoms with Gasteiger partial charge in [-0.15, -0.1) is 5.10 Å². The van der Waals surface area contributed by atoms with Gasteiger partial charge in [0.15, 0.2) is 0 Å². The number of nitrogens with zero attached hydrogens (tertiary/aromatic N) is 3. The molecular weight excluding hydrogens is 240 g/mol. The van der Waals surface area contributed by atoms with Crippen LogP contribution < -0.4 is 10.8 Å². The number of hydrogen-bond donors (Lipinski definition) is 2. The maximum Gasteiger partial charge on any atom is 0.279 e. The molecule has 1 atom stereocenters. The van der Waals surface area contributed by atoms with Gasteiger partial charge >= 0.3 is 0 Å². The standard InChI is InChI=1S/C10H16N4O4/c1-7(6-17-11)14(8(2)15)5-9-3-4-12-13-10(9)18-16/h3-4,7,16H,5-6,11H2,1-2H3. The first-order valence-electron chi connectivity index (χ1n) is 5.31. The second-order valence-electron chi connectivity index (χ2n) is 3.78. The SMILES string of the molecule is CC(=O)N(Cc1ccnnc1OO)C(C)CON. The molecule has 0 saturated carbocycles. The largest absolute Gasteiger partial charge is 0.333 e. The van der Waals surface area contributed by atoms with Gasteiger partial charge in [-0.25, -0.2) is 11.2 Å². The first-order valence-corrected chi connectivity index (χ1v) is 5.31. The van der Waals surface area contributed by atoms with Crippen molar-refractivity contribution in [1.82, 2.24) is 15.1 Å². The van der Waals surface area contributed by atoms with E-state index in [-0.39, 0.29) is 31.0 Å². The van der Waals surface area contributed by atoms with E-state index in [1.807, 2.05) is 0 Å². The monoisotopic (exact) mass is 256 g/mol. The van der Waals surface area contributed by atoms with Crippen LogP contribution in [0.3, 0.4) is 0 Å². The molecule has 1 unspecified atom stereocenters. The molecule has 0 saturated heterocycles. The van der Waals surface area contributed by atoms with Crippen LogP contribution in [-0.2, 0) is 16.2 Å². The van der Waals surface area contributed by atoms with Crippen molar-refractivity contribution in [3.63, 3.8) is 0 Å². The molecule has 0 aliphatic heterocycles. The maximum atomic E-state index is 11.6. The molecule has 1 aromatic heterocycles. The van der Waals surface area contributed by atoms with Crippen molar-refractivity contribution in [2.45, 2.75) is 26.4 Å².